The smallest absolute Gasteiger partial charge is 0.179 e. The summed E-state index contributed by atoms with van der Waals surface area (Å²) >= 11 is 10.9. The van der Waals surface area contributed by atoms with Crippen LogP contribution in [0.3, 0.4) is 0 Å². The zero-order chi connectivity index (χ0) is 7.72. The lowest BCUT2D eigenvalue weighted by atomic mass is 10.5. The molecule has 1 aromatic heterocycles. The third-order valence-corrected chi connectivity index (χ3v) is 1.46. The number of nitrogens with one attached hydrogen (secondary N) is 1. The molecular formula is C5H4Cl2N2O. The van der Waals surface area contributed by atoms with Crippen molar-refractivity contribution in [1.82, 2.24) is 4.73 Å². The fourth-order valence-electron chi connectivity index (χ4n) is 0.517. The summed E-state index contributed by atoms with van der Waals surface area (Å²) in [4.78, 5) is 0. The quantitative estimate of drug-likeness (QED) is 0.582. The summed E-state index contributed by atoms with van der Waals surface area (Å²) in [6, 6.07) is 1.39. The Morgan fingerprint density at radius 3 is 2.60 bits per heavy atom. The molecule has 1 heterocycles. The van der Waals surface area contributed by atoms with Gasteiger partial charge in [0.05, 0.1) is 16.2 Å². The molecule has 0 aromatic carbocycles. The zero-order valence-electron chi connectivity index (χ0n) is 4.81. The van der Waals surface area contributed by atoms with E-state index in [1.807, 2.05) is 0 Å². The van der Waals surface area contributed by atoms with E-state index < -0.39 is 0 Å². The van der Waals surface area contributed by atoms with Crippen molar-refractivity contribution in [3.05, 3.63) is 27.8 Å². The molecule has 0 fully saturated rings. The second-order valence-corrected chi connectivity index (χ2v) is 2.54. The molecule has 0 radical (unpaired) electrons. The molecule has 3 nitrogen and oxygen atoms in total. The lowest BCUT2D eigenvalue weighted by Crippen LogP contribution is -2.16. The van der Waals surface area contributed by atoms with Crippen molar-refractivity contribution in [3.8, 4) is 0 Å². The average Bonchev–Trinajstić information content (AvgIpc) is 1.82. The van der Waals surface area contributed by atoms with Crippen molar-refractivity contribution in [2.24, 2.45) is 0 Å². The molecule has 10 heavy (non-hydrogen) atoms. The predicted octanol–water partition coefficient (Wildman–Crippen LogP) is 1.51. The molecule has 0 unspecified atom stereocenters. The van der Waals surface area contributed by atoms with E-state index in [4.69, 9.17) is 33.8 Å². The average molecular weight is 179 g/mol. The largest absolute Gasteiger partial charge is 0.427 e. The predicted molar refractivity (Wildman–Crippen MR) is 37.5 cm³/mol. The molecule has 0 aliphatic heterocycles. The Morgan fingerprint density at radius 2 is 2.10 bits per heavy atom. The normalized spacial score (nSPS) is 9.80. The maximum Gasteiger partial charge on any atom is 0.179 e. The lowest BCUT2D eigenvalue weighted by molar-refractivity contribution is 0.170. The number of hydrogen-bond donors (Lipinski definition) is 2. The molecule has 1 aromatic rings. The minimum atomic E-state index is -0.175. The Kier molecular flexibility index (Phi) is 1.87. The molecule has 0 aliphatic rings. The van der Waals surface area contributed by atoms with Crippen LogP contribution in [0, 0.1) is 5.41 Å². The van der Waals surface area contributed by atoms with Crippen molar-refractivity contribution in [2.75, 3.05) is 0 Å². The van der Waals surface area contributed by atoms with Gasteiger partial charge in [0.15, 0.2) is 5.49 Å². The third-order valence-electron chi connectivity index (χ3n) is 0.966. The second kappa shape index (κ2) is 2.52. The van der Waals surface area contributed by atoms with Crippen molar-refractivity contribution in [3.63, 3.8) is 0 Å². The van der Waals surface area contributed by atoms with E-state index in [1.165, 1.54) is 12.3 Å². The zero-order valence-corrected chi connectivity index (χ0v) is 6.32. The van der Waals surface area contributed by atoms with Crippen molar-refractivity contribution < 1.29 is 5.21 Å². The second-order valence-electron chi connectivity index (χ2n) is 1.70. The summed E-state index contributed by atoms with van der Waals surface area (Å²) in [7, 11) is 0. The van der Waals surface area contributed by atoms with Gasteiger partial charge in [0.2, 0.25) is 0 Å². The minimum absolute atomic E-state index is 0.120. The van der Waals surface area contributed by atoms with Crippen LogP contribution in [-0.2, 0) is 0 Å². The number of rotatable bonds is 0. The summed E-state index contributed by atoms with van der Waals surface area (Å²) in [6.07, 6.45) is 1.19. The minimum Gasteiger partial charge on any atom is -0.427 e. The Morgan fingerprint density at radius 1 is 1.50 bits per heavy atom. The molecule has 0 amide bonds. The van der Waals surface area contributed by atoms with Crippen molar-refractivity contribution in [1.29, 1.82) is 5.41 Å². The maximum atomic E-state index is 8.84. The van der Waals surface area contributed by atoms with Gasteiger partial charge < -0.3 is 5.21 Å². The first-order valence-corrected chi connectivity index (χ1v) is 3.18. The SMILES string of the molecule is N=c1c(Cl)cc(Cl)cn1O. The molecular weight excluding hydrogens is 175 g/mol. The van der Waals surface area contributed by atoms with Gasteiger partial charge in [-0.25, -0.2) is 0 Å². The first-order valence-electron chi connectivity index (χ1n) is 2.43. The van der Waals surface area contributed by atoms with Gasteiger partial charge in [-0.3, -0.25) is 5.41 Å². The van der Waals surface area contributed by atoms with Gasteiger partial charge in [-0.05, 0) is 6.07 Å². The molecule has 0 saturated carbocycles. The molecule has 0 atom stereocenters. The topological polar surface area (TPSA) is 49.0 Å². The van der Waals surface area contributed by atoms with Crippen molar-refractivity contribution in [2.45, 2.75) is 0 Å². The Labute approximate surface area is 66.9 Å². The highest BCUT2D eigenvalue weighted by Crippen LogP contribution is 2.09. The lowest BCUT2D eigenvalue weighted by Gasteiger charge is -1.97. The van der Waals surface area contributed by atoms with E-state index in [0.29, 0.717) is 9.75 Å². The van der Waals surface area contributed by atoms with Crippen LogP contribution in [0.15, 0.2) is 12.3 Å². The van der Waals surface area contributed by atoms with Crippen LogP contribution in [0.1, 0.15) is 0 Å². The van der Waals surface area contributed by atoms with Gasteiger partial charge in [-0.2, -0.15) is 4.73 Å². The van der Waals surface area contributed by atoms with Gasteiger partial charge in [0.1, 0.15) is 0 Å². The molecule has 54 valence electrons. The van der Waals surface area contributed by atoms with Gasteiger partial charge in [-0.15, -0.1) is 0 Å². The van der Waals surface area contributed by atoms with Gasteiger partial charge in [-0.1, -0.05) is 23.2 Å². The standard InChI is InChI=1S/C5H4Cl2N2O/c6-3-1-4(7)5(8)9(10)2-3/h1-2,8,10H. The molecule has 0 spiro atoms. The summed E-state index contributed by atoms with van der Waals surface area (Å²) < 4.78 is 0.560. The van der Waals surface area contributed by atoms with Crippen LogP contribution in [0.25, 0.3) is 0 Å². The maximum absolute atomic E-state index is 8.84. The molecule has 2 N–H and O–H groups in total. The Balaban J connectivity index is 3.46. The highest BCUT2D eigenvalue weighted by molar-refractivity contribution is 6.34. The summed E-state index contributed by atoms with van der Waals surface area (Å²) in [6.45, 7) is 0. The van der Waals surface area contributed by atoms with Crippen molar-refractivity contribution >= 4 is 23.2 Å². The molecule has 0 bridgehead atoms. The fourth-order valence-corrected chi connectivity index (χ4v) is 0.979. The first kappa shape index (κ1) is 7.44. The molecule has 0 aliphatic carbocycles. The number of hydrogen-bond acceptors (Lipinski definition) is 2. The number of halogens is 2. The summed E-state index contributed by atoms with van der Waals surface area (Å²) in [5.41, 5.74) is -0.175. The van der Waals surface area contributed by atoms with Crippen LogP contribution >= 0.6 is 23.2 Å². The van der Waals surface area contributed by atoms with E-state index in [1.54, 1.807) is 0 Å². The summed E-state index contributed by atoms with van der Waals surface area (Å²) in [5, 5.41) is 16.3. The number of nitrogens with zero attached hydrogens (tertiary/aromatic N) is 1. The van der Waals surface area contributed by atoms with E-state index >= 15 is 0 Å². The van der Waals surface area contributed by atoms with Gasteiger partial charge >= 0.3 is 0 Å². The van der Waals surface area contributed by atoms with Gasteiger partial charge in [0, 0.05) is 0 Å². The van der Waals surface area contributed by atoms with E-state index in [0.717, 1.165) is 0 Å². The van der Waals surface area contributed by atoms with E-state index in [2.05, 4.69) is 0 Å². The first-order chi connectivity index (χ1) is 4.61. The Bertz CT molecular complexity index is 281. The molecule has 1 rings (SSSR count). The van der Waals surface area contributed by atoms with Crippen LogP contribution in [-0.4, -0.2) is 9.94 Å². The van der Waals surface area contributed by atoms with Gasteiger partial charge in [0.25, 0.3) is 0 Å². The fraction of sp³-hybridized carbons (Fsp3) is 0. The Hall–Kier alpha value is -0.670. The van der Waals surface area contributed by atoms with E-state index in [-0.39, 0.29) is 10.5 Å². The molecule has 0 saturated heterocycles. The van der Waals surface area contributed by atoms with Crippen LogP contribution < -0.4 is 5.49 Å². The number of pyridine rings is 1. The van der Waals surface area contributed by atoms with E-state index in [9.17, 15) is 0 Å². The number of aromatic nitrogens is 1. The highest BCUT2D eigenvalue weighted by Gasteiger charge is 1.97. The monoisotopic (exact) mass is 178 g/mol. The van der Waals surface area contributed by atoms with Crippen LogP contribution in [0.4, 0.5) is 0 Å². The highest BCUT2D eigenvalue weighted by atomic mass is 35.5. The summed E-state index contributed by atoms with van der Waals surface area (Å²) in [5.74, 6) is 0. The third kappa shape index (κ3) is 1.25. The van der Waals surface area contributed by atoms with Crippen LogP contribution in [0.5, 0.6) is 0 Å². The molecule has 5 heteroatoms. The van der Waals surface area contributed by atoms with Crippen LogP contribution in [0.2, 0.25) is 10.0 Å².